The second kappa shape index (κ2) is 8.05. The van der Waals surface area contributed by atoms with Crippen LogP contribution in [0.5, 0.6) is 17.2 Å². The number of hydrogen-bond acceptors (Lipinski definition) is 7. The molecule has 0 aliphatic rings. The Bertz CT molecular complexity index is 1070. The predicted molar refractivity (Wildman–Crippen MR) is 106 cm³/mol. The Morgan fingerprint density at radius 2 is 1.75 bits per heavy atom. The molecule has 1 aromatic heterocycles. The van der Waals surface area contributed by atoms with E-state index in [-0.39, 0.29) is 22.1 Å². The molecule has 0 fully saturated rings. The number of pyridine rings is 1. The molecule has 9 heteroatoms. The van der Waals surface area contributed by atoms with Gasteiger partial charge in [-0.15, -0.1) is 0 Å². The standard InChI is InChI=1S/C19H19N3O5S/c1-26-15-9-10-17(27-2)18(12-15)28(24,25)22-16-4-3-11-20-19(16)21-13-5-7-14(23)8-6-13/h3-12,22-23H,1-2H3,(H,20,21). The van der Waals surface area contributed by atoms with E-state index in [1.165, 1.54) is 44.7 Å². The summed E-state index contributed by atoms with van der Waals surface area (Å²) in [7, 11) is -1.14. The first-order chi connectivity index (χ1) is 13.4. The Morgan fingerprint density at radius 1 is 1.00 bits per heavy atom. The summed E-state index contributed by atoms with van der Waals surface area (Å²) >= 11 is 0. The molecule has 3 rings (SSSR count). The molecule has 0 radical (unpaired) electrons. The largest absolute Gasteiger partial charge is 0.508 e. The lowest BCUT2D eigenvalue weighted by Gasteiger charge is -2.15. The third kappa shape index (κ3) is 4.26. The normalized spacial score (nSPS) is 10.9. The number of nitrogens with zero attached hydrogens (tertiary/aromatic N) is 1. The van der Waals surface area contributed by atoms with Crippen molar-refractivity contribution in [2.45, 2.75) is 4.90 Å². The van der Waals surface area contributed by atoms with Crippen molar-refractivity contribution in [2.24, 2.45) is 0 Å². The fourth-order valence-electron chi connectivity index (χ4n) is 2.46. The fourth-order valence-corrected chi connectivity index (χ4v) is 3.71. The highest BCUT2D eigenvalue weighted by atomic mass is 32.2. The van der Waals surface area contributed by atoms with Gasteiger partial charge in [-0.1, -0.05) is 0 Å². The minimum Gasteiger partial charge on any atom is -0.508 e. The molecule has 0 aliphatic carbocycles. The molecule has 0 aliphatic heterocycles. The summed E-state index contributed by atoms with van der Waals surface area (Å²) in [5.74, 6) is 0.997. The Morgan fingerprint density at radius 3 is 2.43 bits per heavy atom. The number of phenols is 1. The molecular formula is C19H19N3O5S. The van der Waals surface area contributed by atoms with E-state index >= 15 is 0 Å². The molecule has 0 saturated heterocycles. The van der Waals surface area contributed by atoms with Crippen molar-refractivity contribution in [1.29, 1.82) is 0 Å². The molecule has 146 valence electrons. The number of nitrogens with one attached hydrogen (secondary N) is 2. The van der Waals surface area contributed by atoms with Crippen LogP contribution in [0.2, 0.25) is 0 Å². The van der Waals surface area contributed by atoms with Crippen molar-refractivity contribution >= 4 is 27.2 Å². The number of rotatable bonds is 7. The SMILES string of the molecule is COc1ccc(OC)c(S(=O)(=O)Nc2cccnc2Nc2ccc(O)cc2)c1. The topological polar surface area (TPSA) is 110 Å². The van der Waals surface area contributed by atoms with E-state index in [0.29, 0.717) is 17.3 Å². The van der Waals surface area contributed by atoms with Gasteiger partial charge in [0.2, 0.25) is 0 Å². The summed E-state index contributed by atoms with van der Waals surface area (Å²) in [6.45, 7) is 0. The molecule has 28 heavy (non-hydrogen) atoms. The van der Waals surface area contributed by atoms with Crippen molar-refractivity contribution in [2.75, 3.05) is 24.3 Å². The number of methoxy groups -OCH3 is 2. The Labute approximate surface area is 162 Å². The summed E-state index contributed by atoms with van der Waals surface area (Å²) in [4.78, 5) is 4.13. The second-order valence-corrected chi connectivity index (χ2v) is 7.34. The van der Waals surface area contributed by atoms with Gasteiger partial charge < -0.3 is 19.9 Å². The maximum Gasteiger partial charge on any atom is 0.265 e. The lowest BCUT2D eigenvalue weighted by atomic mass is 10.3. The van der Waals surface area contributed by atoms with E-state index in [4.69, 9.17) is 9.47 Å². The van der Waals surface area contributed by atoms with Gasteiger partial charge in [0.25, 0.3) is 10.0 Å². The van der Waals surface area contributed by atoms with Gasteiger partial charge in [-0.3, -0.25) is 4.72 Å². The molecule has 0 saturated carbocycles. The highest BCUT2D eigenvalue weighted by molar-refractivity contribution is 7.92. The Hall–Kier alpha value is -3.46. The zero-order chi connectivity index (χ0) is 20.1. The quantitative estimate of drug-likeness (QED) is 0.521. The number of aromatic hydroxyl groups is 1. The lowest BCUT2D eigenvalue weighted by molar-refractivity contribution is 0.392. The number of hydrogen-bond donors (Lipinski definition) is 3. The molecule has 0 atom stereocenters. The van der Waals surface area contributed by atoms with Crippen molar-refractivity contribution in [3.63, 3.8) is 0 Å². The van der Waals surface area contributed by atoms with Crippen LogP contribution in [-0.2, 0) is 10.0 Å². The molecule has 0 spiro atoms. The van der Waals surface area contributed by atoms with E-state index in [2.05, 4.69) is 15.0 Å². The van der Waals surface area contributed by atoms with Crippen LogP contribution in [0.1, 0.15) is 0 Å². The second-order valence-electron chi connectivity index (χ2n) is 5.69. The van der Waals surface area contributed by atoms with Crippen LogP contribution >= 0.6 is 0 Å². The van der Waals surface area contributed by atoms with E-state index in [1.54, 1.807) is 30.3 Å². The monoisotopic (exact) mass is 401 g/mol. The van der Waals surface area contributed by atoms with Crippen molar-refractivity contribution < 1.29 is 23.0 Å². The highest BCUT2D eigenvalue weighted by Crippen LogP contribution is 2.31. The molecule has 8 nitrogen and oxygen atoms in total. The molecular weight excluding hydrogens is 382 g/mol. The zero-order valence-corrected chi connectivity index (χ0v) is 16.0. The third-order valence-electron chi connectivity index (χ3n) is 3.84. The van der Waals surface area contributed by atoms with E-state index < -0.39 is 10.0 Å². The summed E-state index contributed by atoms with van der Waals surface area (Å²) in [6.07, 6.45) is 1.53. The summed E-state index contributed by atoms with van der Waals surface area (Å²) in [6, 6.07) is 14.0. The Balaban J connectivity index is 1.94. The van der Waals surface area contributed by atoms with Crippen molar-refractivity contribution in [3.05, 3.63) is 60.8 Å². The van der Waals surface area contributed by atoms with Crippen LogP contribution in [0.15, 0.2) is 65.7 Å². The van der Waals surface area contributed by atoms with Gasteiger partial charge in [-0.2, -0.15) is 0 Å². The van der Waals surface area contributed by atoms with Gasteiger partial charge in [0.05, 0.1) is 19.9 Å². The third-order valence-corrected chi connectivity index (χ3v) is 5.23. The average molecular weight is 401 g/mol. The van der Waals surface area contributed by atoms with Crippen LogP contribution in [0.4, 0.5) is 17.2 Å². The van der Waals surface area contributed by atoms with Crippen LogP contribution in [0, 0.1) is 0 Å². The van der Waals surface area contributed by atoms with E-state index in [1.807, 2.05) is 0 Å². The number of sulfonamides is 1. The van der Waals surface area contributed by atoms with Gasteiger partial charge in [-0.05, 0) is 48.5 Å². The summed E-state index contributed by atoms with van der Waals surface area (Å²) < 4.78 is 38.7. The molecule has 0 bridgehead atoms. The molecule has 0 unspecified atom stereocenters. The van der Waals surface area contributed by atoms with Crippen LogP contribution in [-0.4, -0.2) is 32.7 Å². The first-order valence-electron chi connectivity index (χ1n) is 8.19. The molecule has 3 N–H and O–H groups in total. The van der Waals surface area contributed by atoms with Gasteiger partial charge in [0.15, 0.2) is 5.82 Å². The van der Waals surface area contributed by atoms with E-state index in [0.717, 1.165) is 0 Å². The minimum atomic E-state index is -3.99. The maximum absolute atomic E-state index is 13.0. The highest BCUT2D eigenvalue weighted by Gasteiger charge is 2.22. The number of aromatic nitrogens is 1. The number of phenolic OH excluding ortho intramolecular Hbond substituents is 1. The maximum atomic E-state index is 13.0. The van der Waals surface area contributed by atoms with Crippen molar-refractivity contribution in [1.82, 2.24) is 4.98 Å². The van der Waals surface area contributed by atoms with E-state index in [9.17, 15) is 13.5 Å². The molecule has 0 amide bonds. The summed E-state index contributed by atoms with van der Waals surface area (Å²) in [5, 5.41) is 12.4. The van der Waals surface area contributed by atoms with Crippen LogP contribution in [0.25, 0.3) is 0 Å². The van der Waals surface area contributed by atoms with Crippen molar-refractivity contribution in [3.8, 4) is 17.2 Å². The van der Waals surface area contributed by atoms with Gasteiger partial charge in [0.1, 0.15) is 22.1 Å². The first-order valence-corrected chi connectivity index (χ1v) is 9.67. The smallest absolute Gasteiger partial charge is 0.265 e. The fraction of sp³-hybridized carbons (Fsp3) is 0.105. The van der Waals surface area contributed by atoms with Gasteiger partial charge in [0, 0.05) is 18.0 Å². The van der Waals surface area contributed by atoms with Gasteiger partial charge in [-0.25, -0.2) is 13.4 Å². The summed E-state index contributed by atoms with van der Waals surface area (Å²) in [5.41, 5.74) is 0.886. The Kier molecular flexibility index (Phi) is 5.55. The molecule has 1 heterocycles. The van der Waals surface area contributed by atoms with Gasteiger partial charge >= 0.3 is 0 Å². The zero-order valence-electron chi connectivity index (χ0n) is 15.2. The molecule has 2 aromatic carbocycles. The number of benzene rings is 2. The first kappa shape index (κ1) is 19.3. The number of anilines is 3. The minimum absolute atomic E-state index is 0.0613. The molecule has 3 aromatic rings. The van der Waals surface area contributed by atoms with Crippen LogP contribution in [0.3, 0.4) is 0 Å². The van der Waals surface area contributed by atoms with Crippen LogP contribution < -0.4 is 19.5 Å². The average Bonchev–Trinajstić information content (AvgIpc) is 2.70. The lowest BCUT2D eigenvalue weighted by Crippen LogP contribution is -2.15. The number of ether oxygens (including phenoxy) is 2. The predicted octanol–water partition coefficient (Wildman–Crippen LogP) is 3.35.